The number of amides is 2. The Labute approximate surface area is 173 Å². The van der Waals surface area contributed by atoms with Crippen LogP contribution in [0, 0.1) is 0 Å². The summed E-state index contributed by atoms with van der Waals surface area (Å²) in [4.78, 5) is 25.8. The minimum absolute atomic E-state index is 0.120. The van der Waals surface area contributed by atoms with E-state index in [-0.39, 0.29) is 36.9 Å². The fourth-order valence-electron chi connectivity index (χ4n) is 2.97. The molecule has 1 heterocycles. The molecule has 0 radical (unpaired) electrons. The Morgan fingerprint density at radius 1 is 1.07 bits per heavy atom. The predicted molar refractivity (Wildman–Crippen MR) is 110 cm³/mol. The van der Waals surface area contributed by atoms with Gasteiger partial charge in [-0.2, -0.15) is 4.31 Å². The average molecular weight is 426 g/mol. The number of piperazine rings is 1. The number of carbonyl (C=O) groups excluding carboxylic acids is 2. The molecular formula is C20H31N3O5S. The van der Waals surface area contributed by atoms with E-state index in [1.54, 1.807) is 37.8 Å². The number of rotatable bonds is 6. The van der Waals surface area contributed by atoms with Gasteiger partial charge in [-0.05, 0) is 44.9 Å². The molecule has 1 aromatic carbocycles. The zero-order valence-electron chi connectivity index (χ0n) is 17.6. The fraction of sp³-hybridized carbons (Fsp3) is 0.600. The molecule has 0 aromatic heterocycles. The molecule has 2 amide bonds. The lowest BCUT2D eigenvalue weighted by Gasteiger charge is -2.34. The number of hydrogen-bond donors (Lipinski definition) is 1. The number of benzene rings is 1. The molecule has 8 nitrogen and oxygen atoms in total. The third-order valence-electron chi connectivity index (χ3n) is 4.57. The monoisotopic (exact) mass is 425 g/mol. The second-order valence-electron chi connectivity index (χ2n) is 7.96. The zero-order chi connectivity index (χ0) is 21.7. The van der Waals surface area contributed by atoms with Gasteiger partial charge in [0.25, 0.3) is 0 Å². The summed E-state index contributed by atoms with van der Waals surface area (Å²) in [6.07, 6.45) is 0.435. The molecule has 162 valence electrons. The molecule has 1 saturated heterocycles. The number of alkyl carbamates (subject to hydrolysis) is 1. The van der Waals surface area contributed by atoms with Gasteiger partial charge in [-0.1, -0.05) is 19.1 Å². The molecular weight excluding hydrogens is 394 g/mol. The second kappa shape index (κ2) is 9.58. The van der Waals surface area contributed by atoms with Gasteiger partial charge in [0, 0.05) is 39.1 Å². The van der Waals surface area contributed by atoms with Crippen LogP contribution in [0.25, 0.3) is 0 Å². The van der Waals surface area contributed by atoms with Gasteiger partial charge in [-0.25, -0.2) is 13.2 Å². The molecule has 0 aliphatic carbocycles. The molecule has 0 atom stereocenters. The quantitative estimate of drug-likeness (QED) is 0.752. The molecule has 1 aliphatic rings. The van der Waals surface area contributed by atoms with E-state index in [0.29, 0.717) is 13.1 Å². The van der Waals surface area contributed by atoms with E-state index in [9.17, 15) is 18.0 Å². The first kappa shape index (κ1) is 23.2. The van der Waals surface area contributed by atoms with Gasteiger partial charge < -0.3 is 15.0 Å². The number of carbonyl (C=O) groups is 2. The van der Waals surface area contributed by atoms with E-state index in [4.69, 9.17) is 4.74 Å². The predicted octanol–water partition coefficient (Wildman–Crippen LogP) is 2.00. The number of nitrogens with one attached hydrogen (secondary N) is 1. The van der Waals surface area contributed by atoms with Crippen LogP contribution in [0.5, 0.6) is 0 Å². The van der Waals surface area contributed by atoms with E-state index < -0.39 is 21.7 Å². The molecule has 2 rings (SSSR count). The van der Waals surface area contributed by atoms with Crippen molar-refractivity contribution in [3.8, 4) is 0 Å². The van der Waals surface area contributed by atoms with Crippen LogP contribution >= 0.6 is 0 Å². The van der Waals surface area contributed by atoms with Crippen molar-refractivity contribution in [2.45, 2.75) is 51.0 Å². The fourth-order valence-corrected chi connectivity index (χ4v) is 4.39. The third kappa shape index (κ3) is 6.71. The standard InChI is InChI=1S/C20H31N3O5S/c1-5-16-6-8-17(9-7-16)29(26,27)23-14-12-22(13-15-23)18(24)10-11-21-19(25)28-20(2,3)4/h6-9H,5,10-15H2,1-4H3,(H,21,25). The number of sulfonamides is 1. The van der Waals surface area contributed by atoms with Gasteiger partial charge in [0.2, 0.25) is 15.9 Å². The number of hydrogen-bond acceptors (Lipinski definition) is 5. The van der Waals surface area contributed by atoms with Crippen molar-refractivity contribution < 1.29 is 22.7 Å². The van der Waals surface area contributed by atoms with Crippen LogP contribution < -0.4 is 5.32 Å². The summed E-state index contributed by atoms with van der Waals surface area (Å²) in [5.74, 6) is -0.120. The number of aryl methyl sites for hydroxylation is 1. The highest BCUT2D eigenvalue weighted by atomic mass is 32.2. The Bertz CT molecular complexity index is 808. The molecule has 1 fully saturated rings. The Kier molecular flexibility index (Phi) is 7.65. The maximum atomic E-state index is 12.8. The van der Waals surface area contributed by atoms with Gasteiger partial charge >= 0.3 is 6.09 Å². The minimum atomic E-state index is -3.56. The smallest absolute Gasteiger partial charge is 0.407 e. The van der Waals surface area contributed by atoms with E-state index >= 15 is 0 Å². The van der Waals surface area contributed by atoms with Gasteiger partial charge in [0.1, 0.15) is 5.60 Å². The van der Waals surface area contributed by atoms with Gasteiger partial charge in [-0.3, -0.25) is 4.79 Å². The van der Waals surface area contributed by atoms with Gasteiger partial charge in [-0.15, -0.1) is 0 Å². The first-order valence-electron chi connectivity index (χ1n) is 9.86. The highest BCUT2D eigenvalue weighted by Gasteiger charge is 2.30. The van der Waals surface area contributed by atoms with E-state index in [0.717, 1.165) is 12.0 Å². The molecule has 29 heavy (non-hydrogen) atoms. The van der Waals surface area contributed by atoms with Crippen LogP contribution in [-0.4, -0.2) is 67.9 Å². The summed E-state index contributed by atoms with van der Waals surface area (Å²) in [5.41, 5.74) is 0.492. The Morgan fingerprint density at radius 3 is 2.17 bits per heavy atom. The Balaban J connectivity index is 1.81. The largest absolute Gasteiger partial charge is 0.444 e. The van der Waals surface area contributed by atoms with Crippen LogP contribution in [0.4, 0.5) is 4.79 Å². The van der Waals surface area contributed by atoms with Crippen LogP contribution in [-0.2, 0) is 26.0 Å². The lowest BCUT2D eigenvalue weighted by molar-refractivity contribution is -0.132. The Hall–Kier alpha value is -2.13. The van der Waals surface area contributed by atoms with Crippen molar-refractivity contribution in [3.05, 3.63) is 29.8 Å². The second-order valence-corrected chi connectivity index (χ2v) is 9.90. The van der Waals surface area contributed by atoms with E-state index in [2.05, 4.69) is 5.32 Å². The van der Waals surface area contributed by atoms with Crippen molar-refractivity contribution in [2.75, 3.05) is 32.7 Å². The van der Waals surface area contributed by atoms with Crippen LogP contribution in [0.3, 0.4) is 0 Å². The van der Waals surface area contributed by atoms with E-state index in [1.807, 2.05) is 19.1 Å². The maximum Gasteiger partial charge on any atom is 0.407 e. The molecule has 1 aromatic rings. The lowest BCUT2D eigenvalue weighted by atomic mass is 10.2. The summed E-state index contributed by atoms with van der Waals surface area (Å²) in [7, 11) is -3.56. The Morgan fingerprint density at radius 2 is 1.66 bits per heavy atom. The van der Waals surface area contributed by atoms with Crippen molar-refractivity contribution in [2.24, 2.45) is 0 Å². The van der Waals surface area contributed by atoms with Gasteiger partial charge in [0.15, 0.2) is 0 Å². The highest BCUT2D eigenvalue weighted by Crippen LogP contribution is 2.19. The number of nitrogens with zero attached hydrogens (tertiary/aromatic N) is 2. The van der Waals surface area contributed by atoms with Crippen LogP contribution in [0.15, 0.2) is 29.2 Å². The van der Waals surface area contributed by atoms with Crippen LogP contribution in [0.2, 0.25) is 0 Å². The molecule has 9 heteroatoms. The zero-order valence-corrected chi connectivity index (χ0v) is 18.4. The molecule has 0 saturated carbocycles. The summed E-state index contributed by atoms with van der Waals surface area (Å²) in [5, 5.41) is 2.56. The highest BCUT2D eigenvalue weighted by molar-refractivity contribution is 7.89. The molecule has 1 aliphatic heterocycles. The summed E-state index contributed by atoms with van der Waals surface area (Å²) in [6, 6.07) is 6.91. The SMILES string of the molecule is CCc1ccc(S(=O)(=O)N2CCN(C(=O)CCNC(=O)OC(C)(C)C)CC2)cc1. The number of ether oxygens (including phenoxy) is 1. The molecule has 0 spiro atoms. The third-order valence-corrected chi connectivity index (χ3v) is 6.48. The van der Waals surface area contributed by atoms with Gasteiger partial charge in [0.05, 0.1) is 4.90 Å². The molecule has 0 unspecified atom stereocenters. The van der Waals surface area contributed by atoms with Crippen molar-refractivity contribution >= 4 is 22.0 Å². The topological polar surface area (TPSA) is 96.0 Å². The summed E-state index contributed by atoms with van der Waals surface area (Å²) in [6.45, 7) is 8.66. The van der Waals surface area contributed by atoms with Crippen molar-refractivity contribution in [1.29, 1.82) is 0 Å². The van der Waals surface area contributed by atoms with Crippen LogP contribution in [0.1, 0.15) is 39.7 Å². The maximum absolute atomic E-state index is 12.8. The summed E-state index contributed by atoms with van der Waals surface area (Å²) >= 11 is 0. The average Bonchev–Trinajstić information content (AvgIpc) is 2.66. The summed E-state index contributed by atoms with van der Waals surface area (Å²) < 4.78 is 32.1. The molecule has 1 N–H and O–H groups in total. The first-order chi connectivity index (χ1) is 13.5. The first-order valence-corrected chi connectivity index (χ1v) is 11.3. The normalized spacial score (nSPS) is 15.8. The van der Waals surface area contributed by atoms with Crippen molar-refractivity contribution in [3.63, 3.8) is 0 Å². The van der Waals surface area contributed by atoms with Crippen molar-refractivity contribution in [1.82, 2.24) is 14.5 Å². The lowest BCUT2D eigenvalue weighted by Crippen LogP contribution is -2.50. The molecule has 0 bridgehead atoms. The van der Waals surface area contributed by atoms with E-state index in [1.165, 1.54) is 4.31 Å². The minimum Gasteiger partial charge on any atom is -0.444 e.